The standard InChI is InChI=1S/C15H20O3/c1-4-6-9-13(5-2)18-15-11-8-7-10-14(15)17-12(3)16/h7-11H,4-6H2,1-3H3/b13-9-. The number of hydrogen-bond donors (Lipinski definition) is 0. The van der Waals surface area contributed by atoms with E-state index in [-0.39, 0.29) is 5.97 Å². The Morgan fingerprint density at radius 1 is 1.17 bits per heavy atom. The van der Waals surface area contributed by atoms with E-state index in [1.807, 2.05) is 19.1 Å². The summed E-state index contributed by atoms with van der Waals surface area (Å²) in [6.45, 7) is 5.54. The second kappa shape index (κ2) is 7.54. The number of allylic oxidation sites excluding steroid dienone is 2. The fraction of sp³-hybridized carbons (Fsp3) is 0.400. The number of benzene rings is 1. The van der Waals surface area contributed by atoms with Gasteiger partial charge in [-0.2, -0.15) is 0 Å². The Kier molecular flexibility index (Phi) is 5.98. The maximum absolute atomic E-state index is 11.0. The van der Waals surface area contributed by atoms with Gasteiger partial charge in [0, 0.05) is 13.3 Å². The molecule has 0 saturated heterocycles. The minimum absolute atomic E-state index is 0.346. The molecule has 18 heavy (non-hydrogen) atoms. The molecule has 0 aliphatic rings. The number of carbonyl (C=O) groups excluding carboxylic acids is 1. The van der Waals surface area contributed by atoms with E-state index in [2.05, 4.69) is 13.0 Å². The first kappa shape index (κ1) is 14.3. The largest absolute Gasteiger partial charge is 0.458 e. The summed E-state index contributed by atoms with van der Waals surface area (Å²) < 4.78 is 10.9. The van der Waals surface area contributed by atoms with Crippen molar-refractivity contribution in [1.29, 1.82) is 0 Å². The van der Waals surface area contributed by atoms with Crippen LogP contribution in [0.3, 0.4) is 0 Å². The highest BCUT2D eigenvalue weighted by Crippen LogP contribution is 2.29. The molecule has 0 N–H and O–H groups in total. The first-order valence-electron chi connectivity index (χ1n) is 6.31. The highest BCUT2D eigenvalue weighted by Gasteiger charge is 2.08. The Labute approximate surface area is 108 Å². The molecule has 0 radical (unpaired) electrons. The lowest BCUT2D eigenvalue weighted by Gasteiger charge is -2.12. The van der Waals surface area contributed by atoms with E-state index in [1.54, 1.807) is 12.1 Å². The van der Waals surface area contributed by atoms with Gasteiger partial charge in [-0.3, -0.25) is 4.79 Å². The summed E-state index contributed by atoms with van der Waals surface area (Å²) in [5, 5.41) is 0. The van der Waals surface area contributed by atoms with Crippen molar-refractivity contribution in [2.24, 2.45) is 0 Å². The number of unbranched alkanes of at least 4 members (excludes halogenated alkanes) is 1. The van der Waals surface area contributed by atoms with Gasteiger partial charge in [-0.25, -0.2) is 0 Å². The number of esters is 1. The Morgan fingerprint density at radius 3 is 2.28 bits per heavy atom. The maximum atomic E-state index is 11.0. The van der Waals surface area contributed by atoms with Crippen LogP contribution < -0.4 is 9.47 Å². The Bertz CT molecular complexity index is 422. The minimum Gasteiger partial charge on any atom is -0.458 e. The molecule has 98 valence electrons. The molecular weight excluding hydrogens is 228 g/mol. The quantitative estimate of drug-likeness (QED) is 0.432. The topological polar surface area (TPSA) is 35.5 Å². The molecular formula is C15H20O3. The van der Waals surface area contributed by atoms with E-state index < -0.39 is 0 Å². The van der Waals surface area contributed by atoms with Gasteiger partial charge in [0.25, 0.3) is 0 Å². The van der Waals surface area contributed by atoms with Crippen LogP contribution in [0.15, 0.2) is 36.1 Å². The summed E-state index contributed by atoms with van der Waals surface area (Å²) in [5.74, 6) is 1.59. The molecule has 0 fully saturated rings. The van der Waals surface area contributed by atoms with Crippen molar-refractivity contribution in [1.82, 2.24) is 0 Å². The van der Waals surface area contributed by atoms with E-state index in [9.17, 15) is 4.79 Å². The third-order valence-electron chi connectivity index (χ3n) is 2.35. The van der Waals surface area contributed by atoms with E-state index in [0.29, 0.717) is 11.5 Å². The molecule has 1 aromatic carbocycles. The van der Waals surface area contributed by atoms with Gasteiger partial charge in [-0.15, -0.1) is 0 Å². The van der Waals surface area contributed by atoms with Crippen LogP contribution in [0.5, 0.6) is 11.5 Å². The summed E-state index contributed by atoms with van der Waals surface area (Å²) in [7, 11) is 0. The van der Waals surface area contributed by atoms with Crippen LogP contribution in [0.4, 0.5) is 0 Å². The molecule has 0 aliphatic heterocycles. The summed E-state index contributed by atoms with van der Waals surface area (Å²) in [4.78, 5) is 11.0. The van der Waals surface area contributed by atoms with E-state index in [4.69, 9.17) is 9.47 Å². The van der Waals surface area contributed by atoms with Crippen LogP contribution in [0.2, 0.25) is 0 Å². The zero-order valence-corrected chi connectivity index (χ0v) is 11.2. The predicted octanol–water partition coefficient (Wildman–Crippen LogP) is 4.08. The first-order valence-corrected chi connectivity index (χ1v) is 6.31. The number of para-hydroxylation sites is 2. The Morgan fingerprint density at radius 2 is 1.78 bits per heavy atom. The van der Waals surface area contributed by atoms with Crippen molar-refractivity contribution >= 4 is 5.97 Å². The summed E-state index contributed by atoms with van der Waals surface area (Å²) in [5.41, 5.74) is 0. The van der Waals surface area contributed by atoms with Gasteiger partial charge in [-0.05, 0) is 24.6 Å². The van der Waals surface area contributed by atoms with Gasteiger partial charge in [0.1, 0.15) is 5.76 Å². The fourth-order valence-corrected chi connectivity index (χ4v) is 1.48. The molecule has 0 heterocycles. The lowest BCUT2D eigenvalue weighted by atomic mass is 10.2. The zero-order chi connectivity index (χ0) is 13.4. The molecule has 0 aliphatic carbocycles. The summed E-state index contributed by atoms with van der Waals surface area (Å²) in [6, 6.07) is 7.19. The highest BCUT2D eigenvalue weighted by atomic mass is 16.6. The molecule has 3 nitrogen and oxygen atoms in total. The van der Waals surface area contributed by atoms with Gasteiger partial charge in [0.15, 0.2) is 11.5 Å². The second-order valence-corrected chi connectivity index (χ2v) is 3.96. The third-order valence-corrected chi connectivity index (χ3v) is 2.35. The van der Waals surface area contributed by atoms with Crippen molar-refractivity contribution in [3.05, 3.63) is 36.1 Å². The summed E-state index contributed by atoms with van der Waals surface area (Å²) >= 11 is 0. The molecule has 0 atom stereocenters. The highest BCUT2D eigenvalue weighted by molar-refractivity contribution is 5.70. The Hall–Kier alpha value is -1.77. The van der Waals surface area contributed by atoms with Crippen LogP contribution in [0.1, 0.15) is 40.0 Å². The van der Waals surface area contributed by atoms with Crippen LogP contribution in [0, 0.1) is 0 Å². The predicted molar refractivity (Wildman–Crippen MR) is 71.7 cm³/mol. The van der Waals surface area contributed by atoms with E-state index >= 15 is 0 Å². The lowest BCUT2D eigenvalue weighted by Crippen LogP contribution is -2.04. The average molecular weight is 248 g/mol. The van der Waals surface area contributed by atoms with Crippen molar-refractivity contribution in [2.45, 2.75) is 40.0 Å². The molecule has 1 rings (SSSR count). The van der Waals surface area contributed by atoms with Gasteiger partial charge < -0.3 is 9.47 Å². The van der Waals surface area contributed by atoms with Crippen LogP contribution >= 0.6 is 0 Å². The molecule has 3 heteroatoms. The number of hydrogen-bond acceptors (Lipinski definition) is 3. The normalized spacial score (nSPS) is 11.2. The van der Waals surface area contributed by atoms with Crippen LogP contribution in [-0.4, -0.2) is 5.97 Å². The molecule has 1 aromatic rings. The number of carbonyl (C=O) groups is 1. The number of rotatable bonds is 6. The van der Waals surface area contributed by atoms with Crippen molar-refractivity contribution in [3.63, 3.8) is 0 Å². The molecule has 0 spiro atoms. The van der Waals surface area contributed by atoms with Crippen molar-refractivity contribution < 1.29 is 14.3 Å². The van der Waals surface area contributed by atoms with Gasteiger partial charge in [0.05, 0.1) is 0 Å². The Balaban J connectivity index is 2.85. The smallest absolute Gasteiger partial charge is 0.308 e. The molecule has 0 saturated carbocycles. The average Bonchev–Trinajstić information content (AvgIpc) is 2.35. The molecule has 0 aromatic heterocycles. The zero-order valence-electron chi connectivity index (χ0n) is 11.2. The molecule has 0 unspecified atom stereocenters. The van der Waals surface area contributed by atoms with E-state index in [1.165, 1.54) is 6.92 Å². The monoisotopic (exact) mass is 248 g/mol. The molecule has 0 amide bonds. The van der Waals surface area contributed by atoms with Gasteiger partial charge in [-0.1, -0.05) is 32.4 Å². The first-order chi connectivity index (χ1) is 8.67. The van der Waals surface area contributed by atoms with Gasteiger partial charge in [0.2, 0.25) is 0 Å². The van der Waals surface area contributed by atoms with Gasteiger partial charge >= 0.3 is 5.97 Å². The minimum atomic E-state index is -0.346. The van der Waals surface area contributed by atoms with Crippen LogP contribution in [0.25, 0.3) is 0 Å². The fourth-order valence-electron chi connectivity index (χ4n) is 1.48. The van der Waals surface area contributed by atoms with Crippen molar-refractivity contribution in [2.75, 3.05) is 0 Å². The number of ether oxygens (including phenoxy) is 2. The third kappa shape index (κ3) is 4.62. The van der Waals surface area contributed by atoms with E-state index in [0.717, 1.165) is 25.0 Å². The SMILES string of the molecule is CCC/C=C(/CC)Oc1ccccc1OC(C)=O. The second-order valence-electron chi connectivity index (χ2n) is 3.96. The van der Waals surface area contributed by atoms with Crippen LogP contribution in [-0.2, 0) is 4.79 Å². The lowest BCUT2D eigenvalue weighted by molar-refractivity contribution is -0.132. The molecule has 0 bridgehead atoms. The summed E-state index contributed by atoms with van der Waals surface area (Å²) in [6.07, 6.45) is 4.95. The van der Waals surface area contributed by atoms with Crippen molar-refractivity contribution in [3.8, 4) is 11.5 Å². The maximum Gasteiger partial charge on any atom is 0.308 e.